The van der Waals surface area contributed by atoms with Gasteiger partial charge in [-0.1, -0.05) is 24.3 Å². The van der Waals surface area contributed by atoms with E-state index in [0.29, 0.717) is 0 Å². The molecule has 1 N–H and O–H groups in total. The molecule has 2 heterocycles. The number of hydrogen-bond donors (Lipinski definition) is 1. The van der Waals surface area contributed by atoms with Crippen LogP contribution in [0.3, 0.4) is 0 Å². The number of nitrogens with one attached hydrogen (secondary N) is 1. The molecule has 0 radical (unpaired) electrons. The van der Waals surface area contributed by atoms with E-state index in [-0.39, 0.29) is 0 Å². The van der Waals surface area contributed by atoms with Crippen LogP contribution in [0.5, 0.6) is 0 Å². The lowest BCUT2D eigenvalue weighted by Gasteiger charge is -2.08. The van der Waals surface area contributed by atoms with Crippen molar-refractivity contribution in [3.8, 4) is 0 Å². The van der Waals surface area contributed by atoms with Crippen LogP contribution in [0.1, 0.15) is 0 Å². The van der Waals surface area contributed by atoms with E-state index in [0.717, 1.165) is 24.3 Å². The van der Waals surface area contributed by atoms with Gasteiger partial charge in [0.15, 0.2) is 0 Å². The second-order valence-electron chi connectivity index (χ2n) is 4.11. The normalized spacial score (nSPS) is 10.7. The van der Waals surface area contributed by atoms with Gasteiger partial charge in [-0.25, -0.2) is 9.97 Å². The molecule has 0 fully saturated rings. The van der Waals surface area contributed by atoms with Crippen molar-refractivity contribution < 1.29 is 0 Å². The molecule has 90 valence electrons. The molecule has 0 amide bonds. The van der Waals surface area contributed by atoms with Crippen LogP contribution in [-0.4, -0.2) is 21.1 Å². The number of rotatable bonds is 4. The highest BCUT2D eigenvalue weighted by Crippen LogP contribution is 2.19. The summed E-state index contributed by atoms with van der Waals surface area (Å²) in [6.45, 7) is 1.71. The number of fused-ring (bicyclic) bond motifs is 1. The van der Waals surface area contributed by atoms with Gasteiger partial charge < -0.3 is 9.88 Å². The highest BCUT2D eigenvalue weighted by atomic mass is 15.1. The van der Waals surface area contributed by atoms with Gasteiger partial charge in [0.1, 0.15) is 5.82 Å². The molecule has 1 aromatic carbocycles. The van der Waals surface area contributed by atoms with E-state index in [9.17, 15) is 0 Å². The molecule has 0 saturated carbocycles. The molecule has 0 aliphatic carbocycles. The molecule has 18 heavy (non-hydrogen) atoms. The average molecular weight is 238 g/mol. The van der Waals surface area contributed by atoms with Crippen molar-refractivity contribution in [3.05, 3.63) is 55.2 Å². The SMILES string of the molecule is c1ccc2c(NCCn3ccnc3)nccc2c1. The van der Waals surface area contributed by atoms with Crippen LogP contribution in [0.25, 0.3) is 10.8 Å². The smallest absolute Gasteiger partial charge is 0.133 e. The van der Waals surface area contributed by atoms with Gasteiger partial charge in [-0.05, 0) is 11.5 Å². The van der Waals surface area contributed by atoms with Gasteiger partial charge in [0.25, 0.3) is 0 Å². The molecule has 2 aromatic heterocycles. The third-order valence-electron chi connectivity index (χ3n) is 2.90. The summed E-state index contributed by atoms with van der Waals surface area (Å²) >= 11 is 0. The van der Waals surface area contributed by atoms with Gasteiger partial charge in [0, 0.05) is 37.1 Å². The first-order valence-corrected chi connectivity index (χ1v) is 5.97. The van der Waals surface area contributed by atoms with E-state index in [2.05, 4.69) is 27.4 Å². The fourth-order valence-corrected chi connectivity index (χ4v) is 1.98. The molecule has 0 unspecified atom stereocenters. The molecular formula is C14H14N4. The van der Waals surface area contributed by atoms with E-state index < -0.39 is 0 Å². The molecule has 3 rings (SSSR count). The Bertz CT molecular complexity index is 626. The Labute approximate surface area is 105 Å². The van der Waals surface area contributed by atoms with Crippen molar-refractivity contribution >= 4 is 16.6 Å². The maximum Gasteiger partial charge on any atom is 0.133 e. The molecule has 4 heteroatoms. The minimum absolute atomic E-state index is 0.831. The molecule has 0 aliphatic heterocycles. The summed E-state index contributed by atoms with van der Waals surface area (Å²) in [4.78, 5) is 8.41. The predicted octanol–water partition coefficient (Wildman–Crippen LogP) is 2.54. The quantitative estimate of drug-likeness (QED) is 0.759. The van der Waals surface area contributed by atoms with Crippen LogP contribution in [-0.2, 0) is 6.54 Å². The summed E-state index contributed by atoms with van der Waals surface area (Å²) in [5.74, 6) is 0.938. The largest absolute Gasteiger partial charge is 0.368 e. The lowest BCUT2D eigenvalue weighted by molar-refractivity contribution is 0.726. The monoisotopic (exact) mass is 238 g/mol. The van der Waals surface area contributed by atoms with Gasteiger partial charge in [0.05, 0.1) is 6.33 Å². The summed E-state index contributed by atoms with van der Waals surface area (Å²) in [6, 6.07) is 10.3. The zero-order chi connectivity index (χ0) is 12.2. The average Bonchev–Trinajstić information content (AvgIpc) is 2.92. The Balaban J connectivity index is 1.74. The second kappa shape index (κ2) is 4.87. The maximum absolute atomic E-state index is 4.39. The molecule has 0 bridgehead atoms. The van der Waals surface area contributed by atoms with E-state index in [4.69, 9.17) is 0 Å². The second-order valence-corrected chi connectivity index (χ2v) is 4.11. The van der Waals surface area contributed by atoms with Gasteiger partial charge in [-0.2, -0.15) is 0 Å². The Morgan fingerprint density at radius 3 is 2.94 bits per heavy atom. The molecule has 0 aliphatic rings. The minimum atomic E-state index is 0.831. The van der Waals surface area contributed by atoms with Gasteiger partial charge >= 0.3 is 0 Å². The zero-order valence-electron chi connectivity index (χ0n) is 9.95. The van der Waals surface area contributed by atoms with Crippen molar-refractivity contribution in [2.45, 2.75) is 6.54 Å². The first-order valence-electron chi connectivity index (χ1n) is 5.97. The predicted molar refractivity (Wildman–Crippen MR) is 72.5 cm³/mol. The topological polar surface area (TPSA) is 42.7 Å². The summed E-state index contributed by atoms with van der Waals surface area (Å²) in [5.41, 5.74) is 0. The first-order chi connectivity index (χ1) is 8.93. The lowest BCUT2D eigenvalue weighted by atomic mass is 10.1. The Hall–Kier alpha value is -2.36. The van der Waals surface area contributed by atoms with Crippen molar-refractivity contribution in [1.82, 2.24) is 14.5 Å². The maximum atomic E-state index is 4.39. The van der Waals surface area contributed by atoms with Crippen LogP contribution in [0.2, 0.25) is 0 Å². The van der Waals surface area contributed by atoms with Crippen LogP contribution < -0.4 is 5.32 Å². The van der Waals surface area contributed by atoms with E-state index in [1.807, 2.05) is 41.5 Å². The van der Waals surface area contributed by atoms with Crippen molar-refractivity contribution in [2.24, 2.45) is 0 Å². The summed E-state index contributed by atoms with van der Waals surface area (Å²) in [6.07, 6.45) is 7.40. The number of aromatic nitrogens is 3. The van der Waals surface area contributed by atoms with Crippen molar-refractivity contribution in [2.75, 3.05) is 11.9 Å². The molecule has 0 spiro atoms. The molecule has 3 aromatic rings. The summed E-state index contributed by atoms with van der Waals surface area (Å²) in [7, 11) is 0. The van der Waals surface area contributed by atoms with Crippen LogP contribution in [0.4, 0.5) is 5.82 Å². The molecular weight excluding hydrogens is 224 g/mol. The summed E-state index contributed by atoms with van der Waals surface area (Å²) < 4.78 is 2.04. The van der Waals surface area contributed by atoms with Crippen LogP contribution in [0, 0.1) is 0 Å². The first kappa shape index (κ1) is 10.8. The Morgan fingerprint density at radius 1 is 1.11 bits per heavy atom. The van der Waals surface area contributed by atoms with E-state index in [1.54, 1.807) is 6.20 Å². The standard InChI is InChI=1S/C14H14N4/c1-2-4-13-12(3-1)5-6-16-14(13)17-8-10-18-9-7-15-11-18/h1-7,9,11H,8,10H2,(H,16,17). The fourth-order valence-electron chi connectivity index (χ4n) is 1.98. The summed E-state index contributed by atoms with van der Waals surface area (Å²) in [5, 5.41) is 5.73. The number of hydrogen-bond acceptors (Lipinski definition) is 3. The third-order valence-corrected chi connectivity index (χ3v) is 2.90. The number of benzene rings is 1. The minimum Gasteiger partial charge on any atom is -0.368 e. The lowest BCUT2D eigenvalue weighted by Crippen LogP contribution is -2.10. The fraction of sp³-hybridized carbons (Fsp3) is 0.143. The highest BCUT2D eigenvalue weighted by molar-refractivity contribution is 5.91. The Morgan fingerprint density at radius 2 is 2.06 bits per heavy atom. The van der Waals surface area contributed by atoms with Gasteiger partial charge in [-0.3, -0.25) is 0 Å². The molecule has 4 nitrogen and oxygen atoms in total. The van der Waals surface area contributed by atoms with Gasteiger partial charge in [-0.15, -0.1) is 0 Å². The van der Waals surface area contributed by atoms with E-state index in [1.165, 1.54) is 5.39 Å². The number of imidazole rings is 1. The Kier molecular flexibility index (Phi) is 2.92. The molecule has 0 atom stereocenters. The number of nitrogens with zero attached hydrogens (tertiary/aromatic N) is 3. The van der Waals surface area contributed by atoms with Crippen molar-refractivity contribution in [3.63, 3.8) is 0 Å². The third kappa shape index (κ3) is 2.18. The highest BCUT2D eigenvalue weighted by Gasteiger charge is 2.00. The van der Waals surface area contributed by atoms with Crippen LogP contribution >= 0.6 is 0 Å². The van der Waals surface area contributed by atoms with E-state index >= 15 is 0 Å². The number of anilines is 1. The number of pyridine rings is 1. The van der Waals surface area contributed by atoms with Gasteiger partial charge in [0.2, 0.25) is 0 Å². The van der Waals surface area contributed by atoms with Crippen LogP contribution in [0.15, 0.2) is 55.2 Å². The zero-order valence-corrected chi connectivity index (χ0v) is 9.95. The van der Waals surface area contributed by atoms with Crippen molar-refractivity contribution in [1.29, 1.82) is 0 Å². The molecule has 0 saturated heterocycles.